The molecule has 0 aliphatic carbocycles. The van der Waals surface area contributed by atoms with Crippen molar-refractivity contribution in [3.8, 4) is 11.3 Å². The maximum absolute atomic E-state index is 13.3. The molecule has 1 aliphatic rings. The quantitative estimate of drug-likeness (QED) is 0.538. The molecule has 9 nitrogen and oxygen atoms in total. The van der Waals surface area contributed by atoms with Crippen molar-refractivity contribution in [3.05, 3.63) is 42.2 Å². The molecule has 0 bridgehead atoms. The summed E-state index contributed by atoms with van der Waals surface area (Å²) in [6, 6.07) is 9.75. The van der Waals surface area contributed by atoms with E-state index in [-0.39, 0.29) is 29.8 Å². The number of nitrogens with one attached hydrogen (secondary N) is 1. The van der Waals surface area contributed by atoms with Gasteiger partial charge in [-0.05, 0) is 76.7 Å². The van der Waals surface area contributed by atoms with Crippen molar-refractivity contribution in [3.63, 3.8) is 0 Å². The van der Waals surface area contributed by atoms with E-state index in [0.717, 1.165) is 44.0 Å². The maximum Gasteiger partial charge on any atom is 0.318 e. The van der Waals surface area contributed by atoms with Gasteiger partial charge in [0.25, 0.3) is 0 Å². The van der Waals surface area contributed by atoms with E-state index in [1.165, 1.54) is 12.1 Å². The molecule has 0 radical (unpaired) electrons. The Hall–Kier alpha value is -3.27. The summed E-state index contributed by atoms with van der Waals surface area (Å²) in [6.07, 6.45) is 0.792. The van der Waals surface area contributed by atoms with Crippen LogP contribution in [0.5, 0.6) is 0 Å². The first-order valence-electron chi connectivity index (χ1n) is 13.5. The molecule has 3 amide bonds. The van der Waals surface area contributed by atoms with Crippen molar-refractivity contribution < 1.29 is 14.0 Å². The van der Waals surface area contributed by atoms with Crippen LogP contribution in [0.4, 0.5) is 15.0 Å². The standard InChI is InChI=1S/C28H42FN7O2/c1-6-33(7-2)17-18-36(27(38)30-28(3,4)5)21-26(37)35-16-8-15-34(19-20-35)25-14-13-24(31-32-25)22-9-11-23(29)12-10-22/h9-14H,6-8,15-21H2,1-5H3,(H,30,38). The molecule has 1 aromatic heterocycles. The minimum atomic E-state index is -0.385. The fourth-order valence-electron chi connectivity index (χ4n) is 4.38. The molecule has 10 heteroatoms. The molecule has 1 fully saturated rings. The van der Waals surface area contributed by atoms with Gasteiger partial charge in [-0.25, -0.2) is 9.18 Å². The Morgan fingerprint density at radius 2 is 1.66 bits per heavy atom. The number of halogens is 1. The normalized spacial score (nSPS) is 14.4. The van der Waals surface area contributed by atoms with Crippen LogP contribution in [0.25, 0.3) is 11.3 Å². The van der Waals surface area contributed by atoms with E-state index in [4.69, 9.17) is 0 Å². The van der Waals surface area contributed by atoms with Crippen LogP contribution < -0.4 is 10.2 Å². The second-order valence-electron chi connectivity index (χ2n) is 10.6. The predicted octanol–water partition coefficient (Wildman–Crippen LogP) is 3.47. The monoisotopic (exact) mass is 527 g/mol. The van der Waals surface area contributed by atoms with E-state index in [0.29, 0.717) is 31.9 Å². The van der Waals surface area contributed by atoms with Crippen LogP contribution in [0.1, 0.15) is 41.0 Å². The van der Waals surface area contributed by atoms with Crippen LogP contribution in [-0.4, -0.2) is 101 Å². The highest BCUT2D eigenvalue weighted by Gasteiger charge is 2.26. The number of benzene rings is 1. The lowest BCUT2D eigenvalue weighted by molar-refractivity contribution is -0.131. The summed E-state index contributed by atoms with van der Waals surface area (Å²) in [6.45, 7) is 15.6. The average molecular weight is 528 g/mol. The van der Waals surface area contributed by atoms with Crippen molar-refractivity contribution in [2.24, 2.45) is 0 Å². The van der Waals surface area contributed by atoms with E-state index in [9.17, 15) is 14.0 Å². The number of anilines is 1. The summed E-state index contributed by atoms with van der Waals surface area (Å²) in [5.41, 5.74) is 1.10. The van der Waals surface area contributed by atoms with Crippen LogP contribution >= 0.6 is 0 Å². The number of hydrogen-bond acceptors (Lipinski definition) is 6. The van der Waals surface area contributed by atoms with Crippen LogP contribution in [0, 0.1) is 5.82 Å². The third-order valence-electron chi connectivity index (χ3n) is 6.64. The molecule has 38 heavy (non-hydrogen) atoms. The summed E-state index contributed by atoms with van der Waals surface area (Å²) in [4.78, 5) is 34.1. The Morgan fingerprint density at radius 1 is 0.947 bits per heavy atom. The number of rotatable bonds is 9. The number of hydrogen-bond donors (Lipinski definition) is 1. The van der Waals surface area contributed by atoms with Crippen molar-refractivity contribution in [1.29, 1.82) is 0 Å². The minimum Gasteiger partial charge on any atom is -0.353 e. The first kappa shape index (κ1) is 29.3. The smallest absolute Gasteiger partial charge is 0.318 e. The number of carbonyl (C=O) groups is 2. The SMILES string of the molecule is CCN(CC)CCN(CC(=O)N1CCCN(c2ccc(-c3ccc(F)cc3)nn2)CC1)C(=O)NC(C)(C)C. The van der Waals surface area contributed by atoms with Crippen LogP contribution in [0.15, 0.2) is 36.4 Å². The number of amides is 3. The van der Waals surface area contributed by atoms with Crippen LogP contribution in [-0.2, 0) is 4.79 Å². The highest BCUT2D eigenvalue weighted by molar-refractivity contribution is 5.84. The van der Waals surface area contributed by atoms with Gasteiger partial charge in [-0.1, -0.05) is 13.8 Å². The molecule has 208 valence electrons. The summed E-state index contributed by atoms with van der Waals surface area (Å²) in [5, 5.41) is 11.7. The zero-order valence-corrected chi connectivity index (χ0v) is 23.4. The lowest BCUT2D eigenvalue weighted by Gasteiger charge is -2.31. The van der Waals surface area contributed by atoms with Crippen LogP contribution in [0.3, 0.4) is 0 Å². The predicted molar refractivity (Wildman–Crippen MR) is 148 cm³/mol. The lowest BCUT2D eigenvalue weighted by atomic mass is 10.1. The second-order valence-corrected chi connectivity index (χ2v) is 10.6. The molecule has 0 atom stereocenters. The molecule has 0 spiro atoms. The van der Waals surface area contributed by atoms with Crippen molar-refractivity contribution in [2.45, 2.75) is 46.6 Å². The van der Waals surface area contributed by atoms with E-state index in [1.54, 1.807) is 17.0 Å². The largest absolute Gasteiger partial charge is 0.353 e. The summed E-state index contributed by atoms with van der Waals surface area (Å²) >= 11 is 0. The van der Waals surface area contributed by atoms with Gasteiger partial charge in [0, 0.05) is 50.4 Å². The summed E-state index contributed by atoms with van der Waals surface area (Å²) in [7, 11) is 0. The van der Waals surface area contributed by atoms with E-state index >= 15 is 0 Å². The number of nitrogens with zero attached hydrogens (tertiary/aromatic N) is 6. The molecule has 1 N–H and O–H groups in total. The van der Waals surface area contributed by atoms with Gasteiger partial charge < -0.3 is 24.9 Å². The Labute approximate surface area is 226 Å². The van der Waals surface area contributed by atoms with Gasteiger partial charge in [0.15, 0.2) is 5.82 Å². The first-order chi connectivity index (χ1) is 18.1. The number of likely N-dealkylation sites (N-methyl/N-ethyl adjacent to an activating group) is 1. The van der Waals surface area contributed by atoms with E-state index < -0.39 is 0 Å². The fraction of sp³-hybridized carbons (Fsp3) is 0.571. The third-order valence-corrected chi connectivity index (χ3v) is 6.64. The van der Waals surface area contributed by atoms with Gasteiger partial charge in [-0.15, -0.1) is 10.2 Å². The molecule has 0 saturated carbocycles. The average Bonchev–Trinajstić information content (AvgIpc) is 3.14. The molecule has 0 unspecified atom stereocenters. The Kier molecular flexibility index (Phi) is 10.4. The van der Waals surface area contributed by atoms with Crippen molar-refractivity contribution >= 4 is 17.8 Å². The summed E-state index contributed by atoms with van der Waals surface area (Å²) in [5.74, 6) is 0.410. The third kappa shape index (κ3) is 8.65. The van der Waals surface area contributed by atoms with Crippen molar-refractivity contribution in [2.75, 3.05) is 63.8 Å². The molecule has 2 heterocycles. The zero-order chi connectivity index (χ0) is 27.7. The van der Waals surface area contributed by atoms with Gasteiger partial charge in [-0.2, -0.15) is 0 Å². The topological polar surface area (TPSA) is 84.9 Å². The number of urea groups is 1. The molecule has 1 saturated heterocycles. The second kappa shape index (κ2) is 13.5. The van der Waals surface area contributed by atoms with Gasteiger partial charge in [0.1, 0.15) is 12.4 Å². The molecular formula is C28H42FN7O2. The highest BCUT2D eigenvalue weighted by Crippen LogP contribution is 2.20. The Bertz CT molecular complexity index is 1040. The Morgan fingerprint density at radius 3 is 2.26 bits per heavy atom. The molecule has 3 rings (SSSR count). The Balaban J connectivity index is 1.61. The molecule has 1 aromatic carbocycles. The number of carbonyl (C=O) groups excluding carboxylic acids is 2. The van der Waals surface area contributed by atoms with E-state index in [1.807, 2.05) is 37.8 Å². The van der Waals surface area contributed by atoms with Crippen molar-refractivity contribution in [1.82, 2.24) is 30.2 Å². The number of aromatic nitrogens is 2. The molecule has 2 aromatic rings. The van der Waals surface area contributed by atoms with Gasteiger partial charge in [0.2, 0.25) is 5.91 Å². The van der Waals surface area contributed by atoms with Crippen LogP contribution in [0.2, 0.25) is 0 Å². The van der Waals surface area contributed by atoms with Gasteiger partial charge in [0.05, 0.1) is 5.69 Å². The maximum atomic E-state index is 13.3. The van der Waals surface area contributed by atoms with E-state index in [2.05, 4.69) is 39.2 Å². The summed E-state index contributed by atoms with van der Waals surface area (Å²) < 4.78 is 13.2. The lowest BCUT2D eigenvalue weighted by Crippen LogP contribution is -2.53. The van der Waals surface area contributed by atoms with Gasteiger partial charge in [-0.3, -0.25) is 4.79 Å². The molecule has 1 aliphatic heterocycles. The zero-order valence-electron chi connectivity index (χ0n) is 23.4. The fourth-order valence-corrected chi connectivity index (χ4v) is 4.38. The minimum absolute atomic E-state index is 0.0480. The first-order valence-corrected chi connectivity index (χ1v) is 13.5. The molecular weight excluding hydrogens is 485 g/mol. The van der Waals surface area contributed by atoms with Gasteiger partial charge >= 0.3 is 6.03 Å². The highest BCUT2D eigenvalue weighted by atomic mass is 19.1.